The van der Waals surface area contributed by atoms with E-state index in [0.29, 0.717) is 5.02 Å². The number of halogens is 1. The van der Waals surface area contributed by atoms with E-state index in [4.69, 9.17) is 22.1 Å². The maximum atomic E-state index is 11.6. The standard InChI is InChI=1S/C13H14ClN3O2/c1-3-19-13(18)12-11(15)7-17(16-12)9-5-4-8(2)10(14)6-9/h4-7H,3,15H2,1-2H3. The first-order valence-corrected chi connectivity index (χ1v) is 6.19. The first kappa shape index (κ1) is 13.4. The van der Waals surface area contributed by atoms with Crippen molar-refractivity contribution in [3.63, 3.8) is 0 Å². The van der Waals surface area contributed by atoms with Gasteiger partial charge >= 0.3 is 5.97 Å². The van der Waals surface area contributed by atoms with Gasteiger partial charge in [-0.25, -0.2) is 9.48 Å². The molecule has 2 rings (SSSR count). The van der Waals surface area contributed by atoms with Gasteiger partial charge in [-0.15, -0.1) is 0 Å². The van der Waals surface area contributed by atoms with Crippen molar-refractivity contribution in [1.29, 1.82) is 0 Å². The van der Waals surface area contributed by atoms with Crippen LogP contribution in [0.3, 0.4) is 0 Å². The van der Waals surface area contributed by atoms with Gasteiger partial charge in [0.2, 0.25) is 0 Å². The highest BCUT2D eigenvalue weighted by molar-refractivity contribution is 6.31. The highest BCUT2D eigenvalue weighted by atomic mass is 35.5. The lowest BCUT2D eigenvalue weighted by Gasteiger charge is -2.03. The minimum Gasteiger partial charge on any atom is -0.461 e. The van der Waals surface area contributed by atoms with Crippen LogP contribution in [0.2, 0.25) is 5.02 Å². The Labute approximate surface area is 115 Å². The van der Waals surface area contributed by atoms with Gasteiger partial charge in [-0.2, -0.15) is 5.10 Å². The average molecular weight is 280 g/mol. The number of nitrogens with two attached hydrogens (primary N) is 1. The fourth-order valence-corrected chi connectivity index (χ4v) is 1.78. The van der Waals surface area contributed by atoms with Crippen LogP contribution >= 0.6 is 11.6 Å². The van der Waals surface area contributed by atoms with Crippen molar-refractivity contribution < 1.29 is 9.53 Å². The van der Waals surface area contributed by atoms with Crippen LogP contribution in [0, 0.1) is 6.92 Å². The van der Waals surface area contributed by atoms with Gasteiger partial charge in [-0.3, -0.25) is 0 Å². The van der Waals surface area contributed by atoms with Crippen LogP contribution < -0.4 is 5.73 Å². The fourth-order valence-electron chi connectivity index (χ4n) is 1.60. The van der Waals surface area contributed by atoms with Gasteiger partial charge in [0.15, 0.2) is 5.69 Å². The molecule has 0 unspecified atom stereocenters. The number of carbonyl (C=O) groups excluding carboxylic acids is 1. The minimum absolute atomic E-state index is 0.110. The van der Waals surface area contributed by atoms with E-state index in [-0.39, 0.29) is 18.0 Å². The van der Waals surface area contributed by atoms with E-state index in [1.54, 1.807) is 19.2 Å². The van der Waals surface area contributed by atoms with E-state index in [1.807, 2.05) is 19.1 Å². The molecule has 5 nitrogen and oxygen atoms in total. The van der Waals surface area contributed by atoms with E-state index in [1.165, 1.54) is 4.68 Å². The smallest absolute Gasteiger partial charge is 0.361 e. The molecule has 0 saturated heterocycles. The monoisotopic (exact) mass is 279 g/mol. The Kier molecular flexibility index (Phi) is 3.76. The molecule has 0 radical (unpaired) electrons. The van der Waals surface area contributed by atoms with Crippen molar-refractivity contribution in [2.45, 2.75) is 13.8 Å². The number of nitrogen functional groups attached to an aromatic ring is 1. The topological polar surface area (TPSA) is 70.1 Å². The third-order valence-electron chi connectivity index (χ3n) is 2.63. The molecule has 1 heterocycles. The number of ether oxygens (including phenoxy) is 1. The zero-order chi connectivity index (χ0) is 14.0. The summed E-state index contributed by atoms with van der Waals surface area (Å²) < 4.78 is 6.39. The second-order valence-corrected chi connectivity index (χ2v) is 4.44. The summed E-state index contributed by atoms with van der Waals surface area (Å²) >= 11 is 6.06. The van der Waals surface area contributed by atoms with Crippen LogP contribution in [-0.2, 0) is 4.74 Å². The number of carbonyl (C=O) groups is 1. The lowest BCUT2D eigenvalue weighted by Crippen LogP contribution is -2.08. The number of benzene rings is 1. The van der Waals surface area contributed by atoms with Crippen molar-refractivity contribution >= 4 is 23.3 Å². The second-order valence-electron chi connectivity index (χ2n) is 4.03. The Bertz CT molecular complexity index is 622. The van der Waals surface area contributed by atoms with E-state index in [9.17, 15) is 4.79 Å². The molecule has 0 fully saturated rings. The van der Waals surface area contributed by atoms with Crippen molar-refractivity contribution in [1.82, 2.24) is 9.78 Å². The highest BCUT2D eigenvalue weighted by Crippen LogP contribution is 2.21. The van der Waals surface area contributed by atoms with Gasteiger partial charge in [-0.05, 0) is 31.5 Å². The summed E-state index contributed by atoms with van der Waals surface area (Å²) in [6.07, 6.45) is 1.56. The molecule has 0 spiro atoms. The van der Waals surface area contributed by atoms with E-state index in [2.05, 4.69) is 5.10 Å². The van der Waals surface area contributed by atoms with Gasteiger partial charge in [0, 0.05) is 5.02 Å². The van der Waals surface area contributed by atoms with E-state index in [0.717, 1.165) is 11.3 Å². The summed E-state index contributed by atoms with van der Waals surface area (Å²) in [4.78, 5) is 11.6. The number of esters is 1. The quantitative estimate of drug-likeness (QED) is 0.877. The Balaban J connectivity index is 2.38. The molecular formula is C13H14ClN3O2. The minimum atomic E-state index is -0.531. The number of hydrogen-bond donors (Lipinski definition) is 1. The summed E-state index contributed by atoms with van der Waals surface area (Å²) in [6.45, 7) is 3.92. The molecule has 0 atom stereocenters. The first-order valence-electron chi connectivity index (χ1n) is 5.81. The van der Waals surface area contributed by atoms with E-state index >= 15 is 0 Å². The number of aryl methyl sites for hydroxylation is 1. The van der Waals surface area contributed by atoms with Gasteiger partial charge in [0.05, 0.1) is 24.2 Å². The fraction of sp³-hybridized carbons (Fsp3) is 0.231. The Morgan fingerprint density at radius 2 is 2.26 bits per heavy atom. The Morgan fingerprint density at radius 3 is 2.89 bits per heavy atom. The molecule has 0 aliphatic rings. The second kappa shape index (κ2) is 5.32. The van der Waals surface area contributed by atoms with Crippen molar-refractivity contribution in [3.8, 4) is 5.69 Å². The summed E-state index contributed by atoms with van der Waals surface area (Å²) in [5.41, 5.74) is 7.85. The molecule has 0 bridgehead atoms. The molecule has 100 valence electrons. The molecule has 2 N–H and O–H groups in total. The van der Waals surface area contributed by atoms with Crippen molar-refractivity contribution in [2.24, 2.45) is 0 Å². The third kappa shape index (κ3) is 2.71. The molecule has 0 amide bonds. The lowest BCUT2D eigenvalue weighted by atomic mass is 10.2. The largest absolute Gasteiger partial charge is 0.461 e. The number of hydrogen-bond acceptors (Lipinski definition) is 4. The van der Waals surface area contributed by atoms with Crippen LogP contribution in [-0.4, -0.2) is 22.4 Å². The predicted octanol–water partition coefficient (Wildman–Crippen LogP) is 2.59. The normalized spacial score (nSPS) is 10.5. The summed E-state index contributed by atoms with van der Waals surface area (Å²) in [7, 11) is 0. The molecular weight excluding hydrogens is 266 g/mol. The zero-order valence-corrected chi connectivity index (χ0v) is 11.4. The van der Waals surface area contributed by atoms with Gasteiger partial charge < -0.3 is 10.5 Å². The average Bonchev–Trinajstić information content (AvgIpc) is 2.75. The number of aromatic nitrogens is 2. The SMILES string of the molecule is CCOC(=O)c1nn(-c2ccc(C)c(Cl)c2)cc1N. The van der Waals surface area contributed by atoms with E-state index < -0.39 is 5.97 Å². The summed E-state index contributed by atoms with van der Waals surface area (Å²) in [5, 5.41) is 4.76. The predicted molar refractivity (Wildman–Crippen MR) is 73.7 cm³/mol. The maximum absolute atomic E-state index is 11.6. The van der Waals surface area contributed by atoms with Crippen LogP contribution in [0.15, 0.2) is 24.4 Å². The van der Waals surface area contributed by atoms with Crippen LogP contribution in [0.4, 0.5) is 5.69 Å². The summed E-state index contributed by atoms with van der Waals surface area (Å²) in [6, 6.07) is 5.49. The molecule has 19 heavy (non-hydrogen) atoms. The van der Waals surface area contributed by atoms with Crippen molar-refractivity contribution in [2.75, 3.05) is 12.3 Å². The maximum Gasteiger partial charge on any atom is 0.361 e. The van der Waals surface area contributed by atoms with Crippen LogP contribution in [0.1, 0.15) is 23.0 Å². The Hall–Kier alpha value is -2.01. The molecule has 2 aromatic rings. The molecule has 1 aromatic carbocycles. The van der Waals surface area contributed by atoms with Gasteiger partial charge in [0.25, 0.3) is 0 Å². The van der Waals surface area contributed by atoms with Gasteiger partial charge in [0.1, 0.15) is 0 Å². The number of nitrogens with zero attached hydrogens (tertiary/aromatic N) is 2. The lowest BCUT2D eigenvalue weighted by molar-refractivity contribution is 0.0520. The molecule has 6 heteroatoms. The van der Waals surface area contributed by atoms with Crippen LogP contribution in [0.5, 0.6) is 0 Å². The third-order valence-corrected chi connectivity index (χ3v) is 3.04. The number of rotatable bonds is 3. The van der Waals surface area contributed by atoms with Crippen LogP contribution in [0.25, 0.3) is 5.69 Å². The molecule has 1 aromatic heterocycles. The highest BCUT2D eigenvalue weighted by Gasteiger charge is 2.16. The zero-order valence-electron chi connectivity index (χ0n) is 10.7. The molecule has 0 saturated carbocycles. The Morgan fingerprint density at radius 1 is 1.53 bits per heavy atom. The molecule has 0 aliphatic heterocycles. The first-order chi connectivity index (χ1) is 9.02. The molecule has 0 aliphatic carbocycles. The summed E-state index contributed by atoms with van der Waals surface area (Å²) in [5.74, 6) is -0.531. The number of anilines is 1. The van der Waals surface area contributed by atoms with Gasteiger partial charge in [-0.1, -0.05) is 17.7 Å². The van der Waals surface area contributed by atoms with Crippen molar-refractivity contribution in [3.05, 3.63) is 40.7 Å².